The molecule has 0 spiro atoms. The Kier molecular flexibility index (Phi) is 5.15. The van der Waals surface area contributed by atoms with Crippen molar-refractivity contribution >= 4 is 5.97 Å². The summed E-state index contributed by atoms with van der Waals surface area (Å²) in [5, 5.41) is 17.8. The van der Waals surface area contributed by atoms with Crippen molar-refractivity contribution < 1.29 is 14.6 Å². The van der Waals surface area contributed by atoms with Crippen LogP contribution >= 0.6 is 0 Å². The third-order valence-corrected chi connectivity index (χ3v) is 3.45. The molecule has 0 amide bonds. The highest BCUT2D eigenvalue weighted by atomic mass is 16.5. The van der Waals surface area contributed by atoms with Crippen LogP contribution in [-0.4, -0.2) is 22.8 Å². The van der Waals surface area contributed by atoms with Crippen molar-refractivity contribution in [2.24, 2.45) is 0 Å². The first-order valence-electron chi connectivity index (χ1n) is 7.07. The van der Waals surface area contributed by atoms with Crippen LogP contribution in [0.25, 0.3) is 11.3 Å². The second-order valence-corrected chi connectivity index (χ2v) is 4.93. The van der Waals surface area contributed by atoms with Crippen LogP contribution in [-0.2, 0) is 11.3 Å². The number of aliphatic carboxylic acids is 1. The first-order chi connectivity index (χ1) is 11.1. The Labute approximate surface area is 133 Å². The van der Waals surface area contributed by atoms with E-state index in [1.807, 2.05) is 18.2 Å². The van der Waals surface area contributed by atoms with Crippen LogP contribution in [0.3, 0.4) is 0 Å². The van der Waals surface area contributed by atoms with E-state index in [4.69, 9.17) is 15.1 Å². The Morgan fingerprint density at radius 2 is 1.96 bits per heavy atom. The molecule has 0 saturated carbocycles. The lowest BCUT2D eigenvalue weighted by Crippen LogP contribution is -2.24. The van der Waals surface area contributed by atoms with Crippen LogP contribution in [0, 0.1) is 11.3 Å². The van der Waals surface area contributed by atoms with Crippen LogP contribution in [0.1, 0.15) is 18.4 Å². The number of aromatic nitrogens is 1. The average Bonchev–Trinajstić information content (AvgIpc) is 2.56. The fourth-order valence-corrected chi connectivity index (χ4v) is 2.29. The quantitative estimate of drug-likeness (QED) is 0.883. The molecule has 0 unspecified atom stereocenters. The maximum absolute atomic E-state index is 12.4. The molecule has 0 aliphatic rings. The van der Waals surface area contributed by atoms with E-state index in [0.717, 1.165) is 5.56 Å². The van der Waals surface area contributed by atoms with Crippen LogP contribution in [0.4, 0.5) is 0 Å². The van der Waals surface area contributed by atoms with Gasteiger partial charge in [0.15, 0.2) is 0 Å². The smallest absolute Gasteiger partial charge is 0.303 e. The molecule has 1 aromatic carbocycles. The summed E-state index contributed by atoms with van der Waals surface area (Å²) >= 11 is 0. The van der Waals surface area contributed by atoms with Crippen molar-refractivity contribution in [1.29, 1.82) is 5.26 Å². The van der Waals surface area contributed by atoms with Gasteiger partial charge in [0, 0.05) is 13.0 Å². The number of ether oxygens (including phenoxy) is 1. The lowest BCUT2D eigenvalue weighted by Gasteiger charge is -2.13. The second-order valence-electron chi connectivity index (χ2n) is 4.93. The molecule has 23 heavy (non-hydrogen) atoms. The molecule has 2 aromatic rings. The van der Waals surface area contributed by atoms with Crippen molar-refractivity contribution in [1.82, 2.24) is 4.57 Å². The molecule has 0 aliphatic heterocycles. The van der Waals surface area contributed by atoms with Gasteiger partial charge in [-0.15, -0.1) is 0 Å². The number of carbonyl (C=O) groups is 1. The number of hydrogen-bond donors (Lipinski definition) is 1. The van der Waals surface area contributed by atoms with E-state index in [2.05, 4.69) is 0 Å². The van der Waals surface area contributed by atoms with Gasteiger partial charge in [-0.05, 0) is 48.4 Å². The Morgan fingerprint density at radius 3 is 2.52 bits per heavy atom. The van der Waals surface area contributed by atoms with Gasteiger partial charge in [0.2, 0.25) is 0 Å². The summed E-state index contributed by atoms with van der Waals surface area (Å²) in [5.74, 6) is -0.220. The van der Waals surface area contributed by atoms with E-state index in [-0.39, 0.29) is 18.5 Å². The van der Waals surface area contributed by atoms with E-state index in [1.54, 1.807) is 25.3 Å². The van der Waals surface area contributed by atoms with E-state index in [1.165, 1.54) is 10.6 Å². The lowest BCUT2D eigenvalue weighted by atomic mass is 10.1. The number of methoxy groups -OCH3 is 1. The molecule has 2 rings (SSSR count). The molecule has 0 atom stereocenters. The first kappa shape index (κ1) is 16.3. The minimum atomic E-state index is -0.916. The Hall–Kier alpha value is -3.07. The number of nitriles is 1. The summed E-state index contributed by atoms with van der Waals surface area (Å²) in [6.07, 6.45) is 0.276. The number of rotatable bonds is 6. The number of benzene rings is 1. The summed E-state index contributed by atoms with van der Waals surface area (Å²) in [6.45, 7) is 0.238. The van der Waals surface area contributed by atoms with Crippen molar-refractivity contribution in [3.63, 3.8) is 0 Å². The highest BCUT2D eigenvalue weighted by molar-refractivity contribution is 5.66. The van der Waals surface area contributed by atoms with Crippen molar-refractivity contribution in [3.8, 4) is 23.1 Å². The van der Waals surface area contributed by atoms with E-state index >= 15 is 0 Å². The van der Waals surface area contributed by atoms with Crippen molar-refractivity contribution in [2.45, 2.75) is 19.4 Å². The summed E-state index contributed by atoms with van der Waals surface area (Å²) in [4.78, 5) is 23.0. The van der Waals surface area contributed by atoms with Gasteiger partial charge in [0.25, 0.3) is 5.56 Å². The minimum Gasteiger partial charge on any atom is -0.497 e. The Morgan fingerprint density at radius 1 is 1.26 bits per heavy atom. The summed E-state index contributed by atoms with van der Waals surface area (Å²) < 4.78 is 6.56. The number of carboxylic acids is 1. The third-order valence-electron chi connectivity index (χ3n) is 3.45. The van der Waals surface area contributed by atoms with Gasteiger partial charge >= 0.3 is 5.97 Å². The zero-order chi connectivity index (χ0) is 16.8. The maximum atomic E-state index is 12.4. The zero-order valence-electron chi connectivity index (χ0n) is 12.7. The van der Waals surface area contributed by atoms with Crippen LogP contribution in [0.2, 0.25) is 0 Å². The molecule has 0 bridgehead atoms. The summed E-state index contributed by atoms with van der Waals surface area (Å²) in [6, 6.07) is 12.2. The molecule has 0 aliphatic carbocycles. The number of carboxylic acid groups (broad SMARTS) is 1. The minimum absolute atomic E-state index is 0.0364. The van der Waals surface area contributed by atoms with Gasteiger partial charge in [0.05, 0.1) is 12.8 Å². The standard InChI is InChI=1S/C17H16N2O4/c1-23-14-7-4-12(5-8-14)15-9-6-13(11-18)17(22)19(15)10-2-3-16(20)21/h4-9H,2-3,10H2,1H3,(H,20,21). The van der Waals surface area contributed by atoms with E-state index in [0.29, 0.717) is 17.9 Å². The summed E-state index contributed by atoms with van der Waals surface area (Å²) in [5.41, 5.74) is 1.06. The Bertz CT molecular complexity index is 801. The van der Waals surface area contributed by atoms with Gasteiger partial charge in [-0.2, -0.15) is 5.26 Å². The van der Waals surface area contributed by atoms with Crippen molar-refractivity contribution in [3.05, 3.63) is 52.3 Å². The highest BCUT2D eigenvalue weighted by Gasteiger charge is 2.11. The van der Waals surface area contributed by atoms with Crippen LogP contribution in [0.15, 0.2) is 41.2 Å². The molecular formula is C17H16N2O4. The zero-order valence-corrected chi connectivity index (χ0v) is 12.7. The topological polar surface area (TPSA) is 92.3 Å². The lowest BCUT2D eigenvalue weighted by molar-refractivity contribution is -0.137. The highest BCUT2D eigenvalue weighted by Crippen LogP contribution is 2.22. The molecule has 118 valence electrons. The molecule has 0 radical (unpaired) electrons. The fourth-order valence-electron chi connectivity index (χ4n) is 2.29. The monoisotopic (exact) mass is 312 g/mol. The van der Waals surface area contributed by atoms with Gasteiger partial charge in [-0.25, -0.2) is 0 Å². The van der Waals surface area contributed by atoms with Crippen LogP contribution < -0.4 is 10.3 Å². The fraction of sp³-hybridized carbons (Fsp3) is 0.235. The molecule has 1 heterocycles. The molecule has 0 saturated heterocycles. The molecule has 1 aromatic heterocycles. The average molecular weight is 312 g/mol. The van der Waals surface area contributed by atoms with E-state index < -0.39 is 11.5 Å². The number of pyridine rings is 1. The van der Waals surface area contributed by atoms with Crippen molar-refractivity contribution in [2.75, 3.05) is 7.11 Å². The molecule has 0 fully saturated rings. The second kappa shape index (κ2) is 7.27. The predicted molar refractivity (Wildman–Crippen MR) is 84.3 cm³/mol. The normalized spacial score (nSPS) is 10.1. The van der Waals surface area contributed by atoms with Gasteiger partial charge in [-0.3, -0.25) is 9.59 Å². The third kappa shape index (κ3) is 3.77. The van der Waals surface area contributed by atoms with E-state index in [9.17, 15) is 9.59 Å². The maximum Gasteiger partial charge on any atom is 0.303 e. The predicted octanol–water partition coefficient (Wildman–Crippen LogP) is 2.26. The van der Waals surface area contributed by atoms with Crippen LogP contribution in [0.5, 0.6) is 5.75 Å². The number of hydrogen-bond acceptors (Lipinski definition) is 4. The first-order valence-corrected chi connectivity index (χ1v) is 7.07. The summed E-state index contributed by atoms with van der Waals surface area (Å²) in [7, 11) is 1.57. The SMILES string of the molecule is COc1ccc(-c2ccc(C#N)c(=O)n2CCCC(=O)O)cc1. The number of nitrogens with zero attached hydrogens (tertiary/aromatic N) is 2. The van der Waals surface area contributed by atoms with Gasteiger partial charge in [0.1, 0.15) is 17.4 Å². The molecular weight excluding hydrogens is 296 g/mol. The molecule has 6 heteroatoms. The molecule has 1 N–H and O–H groups in total. The van der Waals surface area contributed by atoms with Gasteiger partial charge < -0.3 is 14.4 Å². The Balaban J connectivity index is 2.44. The largest absolute Gasteiger partial charge is 0.497 e. The molecule has 6 nitrogen and oxygen atoms in total. The van der Waals surface area contributed by atoms with Gasteiger partial charge in [-0.1, -0.05) is 0 Å².